The highest BCUT2D eigenvalue weighted by Crippen LogP contribution is 2.48. The van der Waals surface area contributed by atoms with Gasteiger partial charge in [0.15, 0.2) is 0 Å². The van der Waals surface area contributed by atoms with Crippen LogP contribution in [0, 0.1) is 0 Å². The van der Waals surface area contributed by atoms with E-state index in [1.165, 1.54) is 24.9 Å². The van der Waals surface area contributed by atoms with Gasteiger partial charge in [-0.1, -0.05) is 37.3 Å². The molecule has 2 N–H and O–H groups in total. The van der Waals surface area contributed by atoms with Gasteiger partial charge in [0, 0.05) is 25.0 Å². The molecule has 2 heteroatoms. The molecule has 1 fully saturated rings. The Bertz CT molecular complexity index is 317. The maximum absolute atomic E-state index is 5.64. The summed E-state index contributed by atoms with van der Waals surface area (Å²) in [5, 5.41) is 0. The maximum Gasteiger partial charge on any atom is 0.0105 e. The van der Waals surface area contributed by atoms with Crippen LogP contribution < -0.4 is 5.73 Å². The molecule has 0 bridgehead atoms. The molecule has 0 spiro atoms. The first-order chi connectivity index (χ1) is 7.80. The molecule has 1 saturated carbocycles. The van der Waals surface area contributed by atoms with Gasteiger partial charge in [0.05, 0.1) is 0 Å². The minimum absolute atomic E-state index is 0.437. The molecule has 1 aliphatic rings. The van der Waals surface area contributed by atoms with Gasteiger partial charge in [0.1, 0.15) is 0 Å². The molecule has 0 amide bonds. The molecule has 2 rings (SSSR count). The number of nitrogens with zero attached hydrogens (tertiary/aromatic N) is 1. The number of rotatable bonds is 6. The lowest BCUT2D eigenvalue weighted by Crippen LogP contribution is -2.36. The molecule has 0 aliphatic heterocycles. The summed E-state index contributed by atoms with van der Waals surface area (Å²) < 4.78 is 0. The molecule has 0 radical (unpaired) electrons. The van der Waals surface area contributed by atoms with E-state index in [9.17, 15) is 0 Å². The van der Waals surface area contributed by atoms with Crippen LogP contribution in [0.2, 0.25) is 0 Å². The van der Waals surface area contributed by atoms with E-state index in [4.69, 9.17) is 5.73 Å². The SMILES string of the molecule is CCN(CCN)CC1(c2ccccc2)CC1. The van der Waals surface area contributed by atoms with Crippen LogP contribution in [0.4, 0.5) is 0 Å². The number of nitrogens with two attached hydrogens (primary N) is 1. The van der Waals surface area contributed by atoms with Crippen molar-refractivity contribution in [1.82, 2.24) is 4.90 Å². The first-order valence-corrected chi connectivity index (χ1v) is 6.29. The first kappa shape index (κ1) is 11.6. The highest BCUT2D eigenvalue weighted by molar-refractivity contribution is 5.31. The number of benzene rings is 1. The van der Waals surface area contributed by atoms with Crippen molar-refractivity contribution in [3.63, 3.8) is 0 Å². The zero-order chi connectivity index (χ0) is 11.4. The summed E-state index contributed by atoms with van der Waals surface area (Å²) in [7, 11) is 0. The van der Waals surface area contributed by atoms with Crippen molar-refractivity contribution in [3.8, 4) is 0 Å². The molecule has 1 aromatic rings. The fourth-order valence-electron chi connectivity index (χ4n) is 2.44. The topological polar surface area (TPSA) is 29.3 Å². The Balaban J connectivity index is 2.03. The van der Waals surface area contributed by atoms with E-state index >= 15 is 0 Å². The van der Waals surface area contributed by atoms with Crippen LogP contribution in [0.25, 0.3) is 0 Å². The molecular formula is C14H22N2. The third-order valence-corrected chi connectivity index (χ3v) is 3.66. The average Bonchev–Trinajstić information content (AvgIpc) is 3.11. The Labute approximate surface area is 98.4 Å². The van der Waals surface area contributed by atoms with Gasteiger partial charge in [0.25, 0.3) is 0 Å². The molecule has 0 unspecified atom stereocenters. The number of likely N-dealkylation sites (N-methyl/N-ethyl adjacent to an activating group) is 1. The molecule has 0 heterocycles. The summed E-state index contributed by atoms with van der Waals surface area (Å²) in [6.07, 6.45) is 2.66. The van der Waals surface area contributed by atoms with Crippen LogP contribution in [0.5, 0.6) is 0 Å². The van der Waals surface area contributed by atoms with Crippen molar-refractivity contribution in [2.75, 3.05) is 26.2 Å². The largest absolute Gasteiger partial charge is 0.329 e. The van der Waals surface area contributed by atoms with E-state index in [1.807, 2.05) is 0 Å². The molecule has 88 valence electrons. The Hall–Kier alpha value is -0.860. The second-order valence-electron chi connectivity index (χ2n) is 4.80. The van der Waals surface area contributed by atoms with Crippen LogP contribution in [0.1, 0.15) is 25.3 Å². The quantitative estimate of drug-likeness (QED) is 0.791. The van der Waals surface area contributed by atoms with Crippen molar-refractivity contribution < 1.29 is 0 Å². The van der Waals surface area contributed by atoms with Gasteiger partial charge in [-0.3, -0.25) is 0 Å². The summed E-state index contributed by atoms with van der Waals surface area (Å²) in [5.41, 5.74) is 7.58. The standard InChI is InChI=1S/C14H22N2/c1-2-16(11-10-15)12-14(8-9-14)13-6-4-3-5-7-13/h3-7H,2,8-12,15H2,1H3. The van der Waals surface area contributed by atoms with Crippen LogP contribution in [0.3, 0.4) is 0 Å². The smallest absolute Gasteiger partial charge is 0.0105 e. The lowest BCUT2D eigenvalue weighted by molar-refractivity contribution is 0.268. The lowest BCUT2D eigenvalue weighted by Gasteiger charge is -2.26. The normalized spacial score (nSPS) is 17.7. The zero-order valence-electron chi connectivity index (χ0n) is 10.2. The summed E-state index contributed by atoms with van der Waals surface area (Å²) >= 11 is 0. The maximum atomic E-state index is 5.64. The molecule has 0 aromatic heterocycles. The Kier molecular flexibility index (Phi) is 3.62. The Morgan fingerprint density at radius 1 is 1.25 bits per heavy atom. The van der Waals surface area contributed by atoms with Crippen molar-refractivity contribution in [1.29, 1.82) is 0 Å². The Morgan fingerprint density at radius 3 is 2.44 bits per heavy atom. The average molecular weight is 218 g/mol. The van der Waals surface area contributed by atoms with E-state index in [-0.39, 0.29) is 0 Å². The second kappa shape index (κ2) is 4.98. The minimum atomic E-state index is 0.437. The summed E-state index contributed by atoms with van der Waals surface area (Å²) in [6.45, 7) is 6.27. The van der Waals surface area contributed by atoms with Gasteiger partial charge >= 0.3 is 0 Å². The lowest BCUT2D eigenvalue weighted by atomic mass is 9.95. The fourth-order valence-corrected chi connectivity index (χ4v) is 2.44. The third-order valence-electron chi connectivity index (χ3n) is 3.66. The second-order valence-corrected chi connectivity index (χ2v) is 4.80. The van der Waals surface area contributed by atoms with Crippen molar-refractivity contribution >= 4 is 0 Å². The number of hydrogen-bond donors (Lipinski definition) is 1. The van der Waals surface area contributed by atoms with E-state index in [0.717, 1.165) is 19.6 Å². The van der Waals surface area contributed by atoms with E-state index < -0.39 is 0 Å². The van der Waals surface area contributed by atoms with E-state index in [1.54, 1.807) is 0 Å². The van der Waals surface area contributed by atoms with Gasteiger partial charge in [0.2, 0.25) is 0 Å². The summed E-state index contributed by atoms with van der Waals surface area (Å²) in [5.74, 6) is 0. The van der Waals surface area contributed by atoms with Crippen LogP contribution in [0.15, 0.2) is 30.3 Å². The van der Waals surface area contributed by atoms with Gasteiger partial charge in [-0.2, -0.15) is 0 Å². The minimum Gasteiger partial charge on any atom is -0.329 e. The predicted molar refractivity (Wildman–Crippen MR) is 68.5 cm³/mol. The molecule has 0 saturated heterocycles. The summed E-state index contributed by atoms with van der Waals surface area (Å²) in [6, 6.07) is 10.9. The molecular weight excluding hydrogens is 196 g/mol. The monoisotopic (exact) mass is 218 g/mol. The Morgan fingerprint density at radius 2 is 1.94 bits per heavy atom. The van der Waals surface area contributed by atoms with Crippen LogP contribution in [-0.2, 0) is 5.41 Å². The molecule has 1 aromatic carbocycles. The third kappa shape index (κ3) is 2.45. The summed E-state index contributed by atoms with van der Waals surface area (Å²) in [4.78, 5) is 2.47. The zero-order valence-corrected chi connectivity index (χ0v) is 10.2. The van der Waals surface area contributed by atoms with Crippen molar-refractivity contribution in [3.05, 3.63) is 35.9 Å². The van der Waals surface area contributed by atoms with Gasteiger partial charge in [-0.15, -0.1) is 0 Å². The fraction of sp³-hybridized carbons (Fsp3) is 0.571. The predicted octanol–water partition coefficient (Wildman–Crippen LogP) is 2.00. The highest BCUT2D eigenvalue weighted by Gasteiger charge is 2.44. The van der Waals surface area contributed by atoms with E-state index in [2.05, 4.69) is 42.2 Å². The van der Waals surface area contributed by atoms with Gasteiger partial charge < -0.3 is 10.6 Å². The first-order valence-electron chi connectivity index (χ1n) is 6.29. The van der Waals surface area contributed by atoms with Gasteiger partial charge in [-0.25, -0.2) is 0 Å². The number of hydrogen-bond acceptors (Lipinski definition) is 2. The molecule has 0 atom stereocenters. The highest BCUT2D eigenvalue weighted by atomic mass is 15.1. The molecule has 16 heavy (non-hydrogen) atoms. The van der Waals surface area contributed by atoms with Crippen LogP contribution in [-0.4, -0.2) is 31.1 Å². The molecule has 2 nitrogen and oxygen atoms in total. The van der Waals surface area contributed by atoms with Crippen molar-refractivity contribution in [2.24, 2.45) is 5.73 Å². The van der Waals surface area contributed by atoms with Crippen LogP contribution >= 0.6 is 0 Å². The van der Waals surface area contributed by atoms with E-state index in [0.29, 0.717) is 5.41 Å². The van der Waals surface area contributed by atoms with Gasteiger partial charge in [-0.05, 0) is 24.9 Å². The molecule has 1 aliphatic carbocycles. The van der Waals surface area contributed by atoms with Crippen molar-refractivity contribution in [2.45, 2.75) is 25.2 Å².